The van der Waals surface area contributed by atoms with E-state index in [0.717, 1.165) is 22.9 Å². The maximum absolute atomic E-state index is 11.8. The van der Waals surface area contributed by atoms with Gasteiger partial charge in [0.25, 0.3) is 0 Å². The second-order valence-electron chi connectivity index (χ2n) is 6.21. The van der Waals surface area contributed by atoms with E-state index in [1.54, 1.807) is 51.7 Å². The number of carbonyl (C=O) groups is 1. The predicted octanol–water partition coefficient (Wildman–Crippen LogP) is 4.02. The molecule has 0 saturated heterocycles. The van der Waals surface area contributed by atoms with Gasteiger partial charge < -0.3 is 19.3 Å². The van der Waals surface area contributed by atoms with Gasteiger partial charge in [-0.2, -0.15) is 0 Å². The summed E-state index contributed by atoms with van der Waals surface area (Å²) in [6.45, 7) is 1.89. The smallest absolute Gasteiger partial charge is 0.342 e. The first-order valence-corrected chi connectivity index (χ1v) is 9.68. The fourth-order valence-corrected chi connectivity index (χ4v) is 3.37. The zero-order valence-electron chi connectivity index (χ0n) is 16.9. The molecule has 0 amide bonds. The molecule has 9 heteroatoms. The van der Waals surface area contributed by atoms with Gasteiger partial charge in [0.1, 0.15) is 22.2 Å². The van der Waals surface area contributed by atoms with Gasteiger partial charge in [-0.05, 0) is 60.2 Å². The highest BCUT2D eigenvalue weighted by atomic mass is 32.2. The predicted molar refractivity (Wildman–Crippen MR) is 114 cm³/mol. The van der Waals surface area contributed by atoms with Crippen molar-refractivity contribution < 1.29 is 24.1 Å². The number of hydrogen-bond donors (Lipinski definition) is 2. The number of carboxylic acids is 1. The summed E-state index contributed by atoms with van der Waals surface area (Å²) < 4.78 is 15.7. The molecule has 0 saturated carbocycles. The number of carboxylic acid groups (broad SMARTS) is 1. The first-order valence-electron chi connectivity index (χ1n) is 8.86. The highest BCUT2D eigenvalue weighted by Gasteiger charge is 2.16. The SMILES string of the molecule is COc1cc(OC)cc(-c2nc(S/C(=C\c3ccc(OC)cc3C)C(=O)O)n[nH]2)c1. The van der Waals surface area contributed by atoms with Crippen LogP contribution in [0.3, 0.4) is 0 Å². The number of rotatable bonds is 8. The van der Waals surface area contributed by atoms with E-state index in [-0.39, 0.29) is 10.1 Å². The minimum absolute atomic E-state index is 0.0945. The van der Waals surface area contributed by atoms with Crippen molar-refractivity contribution in [1.29, 1.82) is 0 Å². The highest BCUT2D eigenvalue weighted by Crippen LogP contribution is 2.31. The van der Waals surface area contributed by atoms with Gasteiger partial charge in [0.15, 0.2) is 5.82 Å². The van der Waals surface area contributed by atoms with E-state index in [9.17, 15) is 9.90 Å². The first kappa shape index (κ1) is 21.3. The van der Waals surface area contributed by atoms with E-state index in [4.69, 9.17) is 14.2 Å². The van der Waals surface area contributed by atoms with Gasteiger partial charge in [0.2, 0.25) is 5.16 Å². The Labute approximate surface area is 177 Å². The monoisotopic (exact) mass is 427 g/mol. The van der Waals surface area contributed by atoms with Crippen LogP contribution in [-0.2, 0) is 4.79 Å². The Morgan fingerprint density at radius 1 is 1.03 bits per heavy atom. The van der Waals surface area contributed by atoms with Crippen LogP contribution in [0.4, 0.5) is 0 Å². The second kappa shape index (κ2) is 9.36. The summed E-state index contributed by atoms with van der Waals surface area (Å²) in [6, 6.07) is 10.8. The van der Waals surface area contributed by atoms with Crippen LogP contribution < -0.4 is 14.2 Å². The number of thioether (sulfide) groups is 1. The molecule has 0 bridgehead atoms. The molecule has 0 unspecified atom stereocenters. The molecule has 0 aliphatic rings. The van der Waals surface area contributed by atoms with Crippen molar-refractivity contribution in [2.24, 2.45) is 0 Å². The van der Waals surface area contributed by atoms with Crippen molar-refractivity contribution in [3.63, 3.8) is 0 Å². The molecule has 0 radical (unpaired) electrons. The van der Waals surface area contributed by atoms with E-state index in [1.165, 1.54) is 0 Å². The summed E-state index contributed by atoms with van der Waals surface area (Å²) >= 11 is 0.960. The van der Waals surface area contributed by atoms with E-state index >= 15 is 0 Å². The van der Waals surface area contributed by atoms with E-state index in [2.05, 4.69) is 15.2 Å². The highest BCUT2D eigenvalue weighted by molar-refractivity contribution is 8.04. The lowest BCUT2D eigenvalue weighted by Crippen LogP contribution is -1.98. The standard InChI is InChI=1S/C21H21N3O5S/c1-12-7-15(27-2)6-5-13(12)10-18(20(25)26)30-21-22-19(23-24-21)14-8-16(28-3)11-17(9-14)29-4/h5-11H,1-4H3,(H,25,26)(H,22,23,24)/b18-10-. The van der Waals surface area contributed by atoms with Crippen LogP contribution in [0.25, 0.3) is 17.5 Å². The molecule has 2 aromatic carbocycles. The molecule has 156 valence electrons. The van der Waals surface area contributed by atoms with Crippen LogP contribution in [0, 0.1) is 6.92 Å². The third kappa shape index (κ3) is 4.93. The number of aliphatic carboxylic acids is 1. The van der Waals surface area contributed by atoms with Gasteiger partial charge in [-0.25, -0.2) is 9.78 Å². The quantitative estimate of drug-likeness (QED) is 0.410. The lowest BCUT2D eigenvalue weighted by atomic mass is 10.1. The summed E-state index contributed by atoms with van der Waals surface area (Å²) in [5, 5.41) is 16.9. The molecule has 0 aliphatic heterocycles. The Morgan fingerprint density at radius 3 is 2.27 bits per heavy atom. The Kier molecular flexibility index (Phi) is 6.63. The molecule has 2 N–H and O–H groups in total. The van der Waals surface area contributed by atoms with Crippen molar-refractivity contribution in [2.75, 3.05) is 21.3 Å². The summed E-state index contributed by atoms with van der Waals surface area (Å²) in [4.78, 5) is 16.3. The summed E-state index contributed by atoms with van der Waals surface area (Å²) in [5.41, 5.74) is 2.37. The maximum Gasteiger partial charge on any atom is 0.342 e. The Bertz CT molecular complexity index is 1070. The number of benzene rings is 2. The van der Waals surface area contributed by atoms with Crippen LogP contribution in [0.15, 0.2) is 46.5 Å². The van der Waals surface area contributed by atoms with Gasteiger partial charge in [-0.3, -0.25) is 5.10 Å². The van der Waals surface area contributed by atoms with Gasteiger partial charge >= 0.3 is 5.97 Å². The molecule has 8 nitrogen and oxygen atoms in total. The zero-order valence-corrected chi connectivity index (χ0v) is 17.7. The molecule has 1 aromatic heterocycles. The molecular weight excluding hydrogens is 406 g/mol. The minimum Gasteiger partial charge on any atom is -0.497 e. The first-order chi connectivity index (χ1) is 14.4. The average Bonchev–Trinajstić information content (AvgIpc) is 3.22. The number of aromatic nitrogens is 3. The van der Waals surface area contributed by atoms with Gasteiger partial charge in [-0.1, -0.05) is 6.07 Å². The number of H-pyrrole nitrogens is 1. The van der Waals surface area contributed by atoms with Crippen molar-refractivity contribution in [2.45, 2.75) is 12.1 Å². The van der Waals surface area contributed by atoms with Crippen molar-refractivity contribution >= 4 is 23.8 Å². The molecule has 30 heavy (non-hydrogen) atoms. The summed E-state index contributed by atoms with van der Waals surface area (Å²) in [5.74, 6) is 1.33. The molecule has 0 aliphatic carbocycles. The van der Waals surface area contributed by atoms with Crippen LogP contribution in [0.5, 0.6) is 17.2 Å². The second-order valence-corrected chi connectivity index (χ2v) is 7.22. The minimum atomic E-state index is -1.07. The third-order valence-electron chi connectivity index (χ3n) is 4.27. The number of nitrogens with one attached hydrogen (secondary N) is 1. The van der Waals surface area contributed by atoms with Crippen molar-refractivity contribution in [3.05, 3.63) is 52.4 Å². The number of methoxy groups -OCH3 is 3. The zero-order chi connectivity index (χ0) is 21.7. The Morgan fingerprint density at radius 2 is 1.70 bits per heavy atom. The van der Waals surface area contributed by atoms with Crippen LogP contribution >= 0.6 is 11.8 Å². The molecule has 3 aromatic rings. The van der Waals surface area contributed by atoms with Crippen molar-refractivity contribution in [3.8, 4) is 28.6 Å². The molecule has 3 rings (SSSR count). The van der Waals surface area contributed by atoms with Gasteiger partial charge in [0, 0.05) is 11.6 Å². The van der Waals surface area contributed by atoms with Gasteiger partial charge in [-0.15, -0.1) is 5.10 Å². The third-order valence-corrected chi connectivity index (χ3v) is 5.14. The molecule has 0 fully saturated rings. The van der Waals surface area contributed by atoms with Crippen molar-refractivity contribution in [1.82, 2.24) is 15.2 Å². The fourth-order valence-electron chi connectivity index (χ4n) is 2.68. The lowest BCUT2D eigenvalue weighted by Gasteiger charge is -2.06. The van der Waals surface area contributed by atoms with Gasteiger partial charge in [0.05, 0.1) is 21.3 Å². The number of aryl methyl sites for hydroxylation is 1. The molecule has 0 atom stereocenters. The number of ether oxygens (including phenoxy) is 3. The molecular formula is C21H21N3O5S. The maximum atomic E-state index is 11.8. The fraction of sp³-hybridized carbons (Fsp3) is 0.190. The normalized spacial score (nSPS) is 11.3. The van der Waals surface area contributed by atoms with E-state index in [0.29, 0.717) is 28.6 Å². The summed E-state index contributed by atoms with van der Waals surface area (Å²) in [6.07, 6.45) is 1.59. The van der Waals surface area contributed by atoms with Crippen LogP contribution in [0.1, 0.15) is 11.1 Å². The average molecular weight is 427 g/mol. The van der Waals surface area contributed by atoms with E-state index in [1.807, 2.05) is 19.1 Å². The number of aromatic amines is 1. The topological polar surface area (TPSA) is 107 Å². The number of nitrogens with zero attached hydrogens (tertiary/aromatic N) is 2. The summed E-state index contributed by atoms with van der Waals surface area (Å²) in [7, 11) is 4.71. The largest absolute Gasteiger partial charge is 0.497 e. The Balaban J connectivity index is 1.88. The lowest BCUT2D eigenvalue weighted by molar-refractivity contribution is -0.131. The molecule has 0 spiro atoms. The van der Waals surface area contributed by atoms with Crippen LogP contribution in [-0.4, -0.2) is 47.6 Å². The van der Waals surface area contributed by atoms with E-state index < -0.39 is 5.97 Å². The van der Waals surface area contributed by atoms with Crippen LogP contribution in [0.2, 0.25) is 0 Å². The Hall–Kier alpha value is -3.46. The number of hydrogen-bond acceptors (Lipinski definition) is 7. The molecule has 1 heterocycles.